The summed E-state index contributed by atoms with van der Waals surface area (Å²) in [4.78, 5) is 23.3. The van der Waals surface area contributed by atoms with Crippen molar-refractivity contribution in [2.24, 2.45) is 0 Å². The normalized spacial score (nSPS) is 18.7. The number of rotatable bonds is 2. The number of nitrogens with zero attached hydrogens (tertiary/aromatic N) is 6. The van der Waals surface area contributed by atoms with E-state index in [0.29, 0.717) is 0 Å². The van der Waals surface area contributed by atoms with E-state index in [4.69, 9.17) is 9.97 Å². The molecule has 2 aromatic heterocycles. The first-order chi connectivity index (χ1) is 14.4. The van der Waals surface area contributed by atoms with Gasteiger partial charge in [-0.05, 0) is 54.6 Å². The van der Waals surface area contributed by atoms with Crippen LogP contribution in [0.25, 0.3) is 0 Å². The number of benzene rings is 1. The minimum atomic E-state index is -0.550. The van der Waals surface area contributed by atoms with Gasteiger partial charge >= 0.3 is 0 Å². The lowest BCUT2D eigenvalue weighted by molar-refractivity contribution is 0.773. The van der Waals surface area contributed by atoms with Crippen molar-refractivity contribution in [2.45, 2.75) is 27.2 Å². The van der Waals surface area contributed by atoms with Crippen molar-refractivity contribution < 1.29 is 0 Å². The zero-order valence-electron chi connectivity index (χ0n) is 15.3. The second kappa shape index (κ2) is 6.60. The highest BCUT2D eigenvalue weighted by Gasteiger charge is 2.59. The van der Waals surface area contributed by atoms with Crippen LogP contribution in [0.5, 0.6) is 0 Å². The van der Waals surface area contributed by atoms with E-state index in [9.17, 15) is 0 Å². The Bertz CT molecular complexity index is 1120. The van der Waals surface area contributed by atoms with E-state index in [0.717, 1.165) is 40.2 Å². The maximum Gasteiger partial charge on any atom is 0.234 e. The molecular formula is C21H16N6S2. The van der Waals surface area contributed by atoms with Crippen molar-refractivity contribution in [1.29, 1.82) is 0 Å². The van der Waals surface area contributed by atoms with Crippen molar-refractivity contribution in [3.8, 4) is 0 Å². The minimum absolute atomic E-state index is 0.550. The Morgan fingerprint density at radius 1 is 0.793 bits per heavy atom. The van der Waals surface area contributed by atoms with Crippen LogP contribution in [0.2, 0.25) is 0 Å². The molecule has 2 aliphatic heterocycles. The van der Waals surface area contributed by atoms with Crippen molar-refractivity contribution in [3.63, 3.8) is 0 Å². The summed E-state index contributed by atoms with van der Waals surface area (Å²) in [6.45, 7) is 0. The molecule has 3 aliphatic rings. The number of para-hydroxylation sites is 1. The van der Waals surface area contributed by atoms with E-state index in [-0.39, 0.29) is 0 Å². The highest BCUT2D eigenvalue weighted by atomic mass is 32.2. The molecule has 0 N–H and O–H groups in total. The summed E-state index contributed by atoms with van der Waals surface area (Å²) in [5.74, 6) is 1.72. The standard InChI is InChI=1S/C21H16N6S2/c1-3-7-15(8-4-1)26-17-18(23-12-11-22-17)27(16-9-5-2-6-10-16)21(26)28-19-20(29-21)25-14-13-24-19/h1-5,7-9,11-14H,6,10H2. The average molecular weight is 417 g/mol. The van der Waals surface area contributed by atoms with E-state index < -0.39 is 4.33 Å². The molecule has 0 fully saturated rings. The quantitative estimate of drug-likeness (QED) is 0.580. The van der Waals surface area contributed by atoms with Crippen molar-refractivity contribution in [3.05, 3.63) is 79.0 Å². The number of fused-ring (bicyclic) bond motifs is 2. The van der Waals surface area contributed by atoms with E-state index in [1.165, 1.54) is 5.70 Å². The summed E-state index contributed by atoms with van der Waals surface area (Å²) in [7, 11) is 0. The topological polar surface area (TPSA) is 58.0 Å². The predicted molar refractivity (Wildman–Crippen MR) is 116 cm³/mol. The first kappa shape index (κ1) is 17.1. The SMILES string of the molecule is C1=CCCC(N2c3nccnc3N(c3ccccc3)C23Sc2nccnc2S3)=C1. The molecule has 0 saturated carbocycles. The fourth-order valence-corrected chi connectivity index (χ4v) is 6.93. The first-order valence-corrected chi connectivity index (χ1v) is 11.0. The number of hydrogen-bond acceptors (Lipinski definition) is 8. The molecule has 0 amide bonds. The van der Waals surface area contributed by atoms with E-state index in [1.807, 2.05) is 6.07 Å². The van der Waals surface area contributed by atoms with Gasteiger partial charge in [-0.25, -0.2) is 19.9 Å². The largest absolute Gasteiger partial charge is 0.284 e. The van der Waals surface area contributed by atoms with Gasteiger partial charge in [-0.1, -0.05) is 30.4 Å². The van der Waals surface area contributed by atoms with Crippen LogP contribution < -0.4 is 9.80 Å². The molecule has 8 heteroatoms. The Labute approximate surface area is 176 Å². The van der Waals surface area contributed by atoms with Gasteiger partial charge < -0.3 is 0 Å². The molecule has 1 spiro atoms. The van der Waals surface area contributed by atoms with Gasteiger partial charge in [0, 0.05) is 36.2 Å². The number of anilines is 3. The van der Waals surface area contributed by atoms with Gasteiger partial charge in [-0.15, -0.1) is 0 Å². The van der Waals surface area contributed by atoms with Gasteiger partial charge in [0.2, 0.25) is 4.33 Å². The summed E-state index contributed by atoms with van der Waals surface area (Å²) in [5, 5.41) is 1.87. The fourth-order valence-electron chi connectivity index (χ4n) is 3.87. The molecule has 0 radical (unpaired) electrons. The van der Waals surface area contributed by atoms with Crippen LogP contribution >= 0.6 is 23.5 Å². The van der Waals surface area contributed by atoms with Crippen LogP contribution in [0, 0.1) is 0 Å². The monoisotopic (exact) mass is 416 g/mol. The minimum Gasteiger partial charge on any atom is -0.284 e. The molecule has 6 nitrogen and oxygen atoms in total. The molecule has 1 aliphatic carbocycles. The second-order valence-electron chi connectivity index (χ2n) is 6.75. The zero-order chi connectivity index (χ0) is 19.3. The first-order valence-electron chi connectivity index (χ1n) is 9.38. The Hall–Kier alpha value is -2.84. The molecule has 6 rings (SSSR count). The Balaban J connectivity index is 1.61. The van der Waals surface area contributed by atoms with Crippen LogP contribution in [0.1, 0.15) is 12.8 Å². The van der Waals surface area contributed by atoms with Crippen molar-refractivity contribution in [2.75, 3.05) is 9.80 Å². The van der Waals surface area contributed by atoms with Crippen LogP contribution in [0.4, 0.5) is 17.3 Å². The van der Waals surface area contributed by atoms with Gasteiger partial charge in [0.25, 0.3) is 0 Å². The van der Waals surface area contributed by atoms with Crippen LogP contribution in [-0.4, -0.2) is 24.3 Å². The van der Waals surface area contributed by atoms with Crippen LogP contribution in [0.15, 0.2) is 89.1 Å². The van der Waals surface area contributed by atoms with E-state index in [1.54, 1.807) is 48.3 Å². The lowest BCUT2D eigenvalue weighted by atomic mass is 10.1. The third-order valence-electron chi connectivity index (χ3n) is 5.03. The third-order valence-corrected chi connectivity index (χ3v) is 7.91. The van der Waals surface area contributed by atoms with Gasteiger partial charge in [-0.3, -0.25) is 9.80 Å². The van der Waals surface area contributed by atoms with Crippen molar-refractivity contribution >= 4 is 40.8 Å². The second-order valence-corrected chi connectivity index (χ2v) is 9.33. The summed E-state index contributed by atoms with van der Waals surface area (Å²) in [5.41, 5.74) is 2.29. The molecule has 3 aromatic rings. The lowest BCUT2D eigenvalue weighted by Gasteiger charge is -2.41. The summed E-state index contributed by atoms with van der Waals surface area (Å²) >= 11 is 3.41. The predicted octanol–water partition coefficient (Wildman–Crippen LogP) is 4.97. The molecule has 29 heavy (non-hydrogen) atoms. The summed E-state index contributed by atoms with van der Waals surface area (Å²) in [6.07, 6.45) is 15.5. The molecular weight excluding hydrogens is 400 g/mol. The lowest BCUT2D eigenvalue weighted by Crippen LogP contribution is -2.48. The molecule has 0 unspecified atom stereocenters. The highest BCUT2D eigenvalue weighted by molar-refractivity contribution is 8.21. The zero-order valence-corrected chi connectivity index (χ0v) is 17.0. The van der Waals surface area contributed by atoms with Gasteiger partial charge in [0.1, 0.15) is 10.1 Å². The Kier molecular flexibility index (Phi) is 3.88. The smallest absolute Gasteiger partial charge is 0.234 e. The average Bonchev–Trinajstić information content (AvgIpc) is 3.29. The van der Waals surface area contributed by atoms with Crippen LogP contribution in [-0.2, 0) is 0 Å². The van der Waals surface area contributed by atoms with Crippen LogP contribution in [0.3, 0.4) is 0 Å². The third kappa shape index (κ3) is 2.52. The summed E-state index contributed by atoms with van der Waals surface area (Å²) < 4.78 is -0.550. The maximum absolute atomic E-state index is 4.76. The summed E-state index contributed by atoms with van der Waals surface area (Å²) in [6, 6.07) is 10.4. The highest BCUT2D eigenvalue weighted by Crippen LogP contribution is 2.66. The molecule has 0 bridgehead atoms. The van der Waals surface area contributed by atoms with Gasteiger partial charge in [0.05, 0.1) is 0 Å². The molecule has 0 atom stereocenters. The van der Waals surface area contributed by atoms with Gasteiger partial charge in [0.15, 0.2) is 11.6 Å². The Morgan fingerprint density at radius 2 is 1.45 bits per heavy atom. The van der Waals surface area contributed by atoms with E-state index >= 15 is 0 Å². The number of allylic oxidation sites excluding steroid dienone is 4. The van der Waals surface area contributed by atoms with E-state index in [2.05, 4.69) is 62.3 Å². The molecule has 0 saturated heterocycles. The number of thioether (sulfide) groups is 2. The maximum atomic E-state index is 4.76. The fraction of sp³-hybridized carbons (Fsp3) is 0.143. The number of aromatic nitrogens is 4. The molecule has 4 heterocycles. The molecule has 142 valence electrons. The molecule has 1 aromatic carbocycles. The number of hydrogen-bond donors (Lipinski definition) is 0. The van der Waals surface area contributed by atoms with Crippen molar-refractivity contribution in [1.82, 2.24) is 19.9 Å². The Morgan fingerprint density at radius 3 is 2.10 bits per heavy atom. The van der Waals surface area contributed by atoms with Gasteiger partial charge in [-0.2, -0.15) is 0 Å².